The van der Waals surface area contributed by atoms with Gasteiger partial charge in [-0.3, -0.25) is 14.6 Å². The Morgan fingerprint density at radius 1 is 1.15 bits per heavy atom. The predicted molar refractivity (Wildman–Crippen MR) is 134 cm³/mol. The van der Waals surface area contributed by atoms with Crippen LogP contribution in [0.4, 0.5) is 0 Å². The number of Topliss-reactive ketones (excluding diaryl/α,β-unsaturated/α-hetero) is 1. The van der Waals surface area contributed by atoms with Crippen molar-refractivity contribution in [3.63, 3.8) is 0 Å². The summed E-state index contributed by atoms with van der Waals surface area (Å²) >= 11 is 1.63. The Hall–Kier alpha value is -2.90. The van der Waals surface area contributed by atoms with Gasteiger partial charge in [0, 0.05) is 24.4 Å². The number of amides is 1. The molecule has 2 fully saturated rings. The molecular weight excluding hydrogens is 444 g/mol. The Morgan fingerprint density at radius 2 is 2.00 bits per heavy atom. The second-order valence-electron chi connectivity index (χ2n) is 9.44. The van der Waals surface area contributed by atoms with E-state index >= 15 is 0 Å². The number of nitrogens with zero attached hydrogens (tertiary/aromatic N) is 2. The number of rotatable bonds is 7. The molecule has 2 aromatic heterocycles. The van der Waals surface area contributed by atoms with Crippen molar-refractivity contribution in [2.45, 2.75) is 64.0 Å². The molecule has 1 aliphatic heterocycles. The number of ketones is 1. The number of piperidine rings is 1. The van der Waals surface area contributed by atoms with Crippen molar-refractivity contribution in [2.75, 3.05) is 6.54 Å². The normalized spacial score (nSPS) is 18.9. The number of nitrogens with one attached hydrogen (secondary N) is 2. The van der Waals surface area contributed by atoms with Gasteiger partial charge in [0.2, 0.25) is 5.78 Å². The van der Waals surface area contributed by atoms with E-state index < -0.39 is 6.04 Å². The second-order valence-corrected chi connectivity index (χ2v) is 10.5. The first-order valence-corrected chi connectivity index (χ1v) is 12.9. The Bertz CT molecular complexity index is 1210. The molecule has 3 aromatic rings. The minimum Gasteiger partial charge on any atom is -0.340 e. The fourth-order valence-electron chi connectivity index (χ4n) is 4.57. The molecule has 176 valence electrons. The molecule has 2 unspecified atom stereocenters. The topological polar surface area (TPSA) is 84.0 Å². The van der Waals surface area contributed by atoms with Crippen LogP contribution in [0.2, 0.25) is 0 Å². The summed E-state index contributed by atoms with van der Waals surface area (Å²) in [7, 11) is 0. The highest BCUT2D eigenvalue weighted by atomic mass is 32.1. The highest BCUT2D eigenvalue weighted by Crippen LogP contribution is 2.45. The minimum absolute atomic E-state index is 0.117. The van der Waals surface area contributed by atoms with Crippen molar-refractivity contribution >= 4 is 23.0 Å². The largest absolute Gasteiger partial charge is 0.340 e. The lowest BCUT2D eigenvalue weighted by atomic mass is 9.92. The number of aryl methyl sites for hydroxylation is 2. The minimum atomic E-state index is -0.690. The Balaban J connectivity index is 1.52. The molecule has 0 spiro atoms. The lowest BCUT2D eigenvalue weighted by molar-refractivity contribution is 0.0822. The quantitative estimate of drug-likeness (QED) is 0.480. The van der Waals surface area contributed by atoms with Gasteiger partial charge in [0.25, 0.3) is 5.91 Å². The van der Waals surface area contributed by atoms with Gasteiger partial charge in [0.1, 0.15) is 11.7 Å². The van der Waals surface area contributed by atoms with Gasteiger partial charge in [0.15, 0.2) is 0 Å². The SMILES string of the molecule is Cc1cccc(-c2sc(C3CC3)nc2C(=O)C(NC(=O)c2cnccc2C)C2CCCCN2)c1. The molecule has 1 saturated carbocycles. The number of carbonyl (C=O) groups excluding carboxylic acids is 2. The highest BCUT2D eigenvalue weighted by molar-refractivity contribution is 7.15. The molecular formula is C27H30N4O2S. The fourth-order valence-corrected chi connectivity index (χ4v) is 5.81. The summed E-state index contributed by atoms with van der Waals surface area (Å²) in [4.78, 5) is 37.2. The van der Waals surface area contributed by atoms with Crippen LogP contribution in [0.3, 0.4) is 0 Å². The first kappa shape index (κ1) is 22.9. The van der Waals surface area contributed by atoms with Crippen molar-refractivity contribution in [1.29, 1.82) is 0 Å². The third-order valence-corrected chi connectivity index (χ3v) is 7.95. The maximum Gasteiger partial charge on any atom is 0.253 e. The number of thiazole rings is 1. The summed E-state index contributed by atoms with van der Waals surface area (Å²) in [5.74, 6) is 0.0639. The average molecular weight is 475 g/mol. The number of benzene rings is 1. The Labute approximate surface area is 204 Å². The number of aromatic nitrogens is 2. The summed E-state index contributed by atoms with van der Waals surface area (Å²) in [6, 6.07) is 9.21. The number of hydrogen-bond acceptors (Lipinski definition) is 6. The van der Waals surface area contributed by atoms with E-state index in [0.29, 0.717) is 17.2 Å². The van der Waals surface area contributed by atoms with Gasteiger partial charge in [-0.15, -0.1) is 11.3 Å². The van der Waals surface area contributed by atoms with E-state index in [0.717, 1.165) is 65.2 Å². The Morgan fingerprint density at radius 3 is 2.71 bits per heavy atom. The van der Waals surface area contributed by atoms with Crippen LogP contribution < -0.4 is 10.6 Å². The van der Waals surface area contributed by atoms with E-state index in [1.54, 1.807) is 23.7 Å². The zero-order chi connectivity index (χ0) is 23.7. The zero-order valence-electron chi connectivity index (χ0n) is 19.6. The maximum absolute atomic E-state index is 14.1. The van der Waals surface area contributed by atoms with E-state index in [1.165, 1.54) is 0 Å². The third-order valence-electron chi connectivity index (χ3n) is 6.69. The van der Waals surface area contributed by atoms with Gasteiger partial charge < -0.3 is 10.6 Å². The molecule has 1 saturated heterocycles. The van der Waals surface area contributed by atoms with Gasteiger partial charge in [0.05, 0.1) is 15.4 Å². The molecule has 2 N–H and O–H groups in total. The molecule has 3 heterocycles. The van der Waals surface area contributed by atoms with Crippen LogP contribution in [0, 0.1) is 13.8 Å². The maximum atomic E-state index is 14.1. The summed E-state index contributed by atoms with van der Waals surface area (Å²) in [5, 5.41) is 7.57. The summed E-state index contributed by atoms with van der Waals surface area (Å²) in [6.07, 6.45) is 8.41. The van der Waals surface area contributed by atoms with Crippen LogP contribution in [-0.4, -0.2) is 40.3 Å². The van der Waals surface area contributed by atoms with E-state index in [-0.39, 0.29) is 17.7 Å². The lowest BCUT2D eigenvalue weighted by Crippen LogP contribution is -2.56. The molecule has 2 aliphatic rings. The van der Waals surface area contributed by atoms with Crippen LogP contribution in [-0.2, 0) is 0 Å². The van der Waals surface area contributed by atoms with Gasteiger partial charge in [-0.05, 0) is 63.3 Å². The van der Waals surface area contributed by atoms with Crippen molar-refractivity contribution in [2.24, 2.45) is 0 Å². The fraction of sp³-hybridized carbons (Fsp3) is 0.407. The molecule has 2 atom stereocenters. The van der Waals surface area contributed by atoms with E-state index in [4.69, 9.17) is 4.98 Å². The van der Waals surface area contributed by atoms with Crippen molar-refractivity contribution in [3.8, 4) is 10.4 Å². The summed E-state index contributed by atoms with van der Waals surface area (Å²) in [6.45, 7) is 4.77. The van der Waals surface area contributed by atoms with Crippen molar-refractivity contribution in [1.82, 2.24) is 20.6 Å². The lowest BCUT2D eigenvalue weighted by Gasteiger charge is -2.31. The van der Waals surface area contributed by atoms with Crippen LogP contribution in [0.15, 0.2) is 42.7 Å². The van der Waals surface area contributed by atoms with Crippen LogP contribution in [0.5, 0.6) is 0 Å². The summed E-state index contributed by atoms with van der Waals surface area (Å²) in [5.41, 5.74) is 3.96. The van der Waals surface area contributed by atoms with Crippen LogP contribution in [0.25, 0.3) is 10.4 Å². The van der Waals surface area contributed by atoms with E-state index in [9.17, 15) is 9.59 Å². The van der Waals surface area contributed by atoms with Gasteiger partial charge in [-0.25, -0.2) is 4.98 Å². The Kier molecular flexibility index (Phi) is 6.57. The highest BCUT2D eigenvalue weighted by Gasteiger charge is 2.37. The van der Waals surface area contributed by atoms with Gasteiger partial charge >= 0.3 is 0 Å². The molecule has 0 bridgehead atoms. The zero-order valence-corrected chi connectivity index (χ0v) is 20.5. The van der Waals surface area contributed by atoms with Crippen molar-refractivity contribution < 1.29 is 9.59 Å². The third kappa shape index (κ3) is 4.81. The second kappa shape index (κ2) is 9.76. The van der Waals surface area contributed by atoms with Crippen molar-refractivity contribution in [3.05, 3.63) is 70.1 Å². The number of pyridine rings is 1. The molecule has 5 rings (SSSR count). The molecule has 6 nitrogen and oxygen atoms in total. The smallest absolute Gasteiger partial charge is 0.253 e. The first-order chi connectivity index (χ1) is 16.5. The molecule has 1 aliphatic carbocycles. The van der Waals surface area contributed by atoms with E-state index in [2.05, 4.69) is 34.7 Å². The molecule has 1 amide bonds. The first-order valence-electron chi connectivity index (χ1n) is 12.1. The van der Waals surface area contributed by atoms with Gasteiger partial charge in [-0.1, -0.05) is 36.2 Å². The summed E-state index contributed by atoms with van der Waals surface area (Å²) < 4.78 is 0. The van der Waals surface area contributed by atoms with Gasteiger partial charge in [-0.2, -0.15) is 0 Å². The predicted octanol–water partition coefficient (Wildman–Crippen LogP) is 4.82. The number of hydrogen-bond donors (Lipinski definition) is 2. The molecule has 1 aromatic carbocycles. The van der Waals surface area contributed by atoms with E-state index in [1.807, 2.05) is 25.1 Å². The molecule has 0 radical (unpaired) electrons. The standard InChI is InChI=1S/C27H30N4O2S/c1-16-6-5-7-19(14-16)25-23(31-27(34-25)18-9-10-18)24(32)22(21-8-3-4-12-29-21)30-26(33)20-15-28-13-11-17(20)2/h5-7,11,13-15,18,21-22,29H,3-4,8-10,12H2,1-2H3,(H,30,33). The van der Waals surface area contributed by atoms with Crippen LogP contribution >= 0.6 is 11.3 Å². The monoisotopic (exact) mass is 474 g/mol. The number of carbonyl (C=O) groups is 2. The molecule has 34 heavy (non-hydrogen) atoms. The van der Waals surface area contributed by atoms with Crippen LogP contribution in [0.1, 0.15) is 75.0 Å². The molecule has 7 heteroatoms. The average Bonchev–Trinajstić information content (AvgIpc) is 3.61.